The van der Waals surface area contributed by atoms with Gasteiger partial charge in [0.25, 0.3) is 0 Å². The third-order valence-electron chi connectivity index (χ3n) is 3.32. The van der Waals surface area contributed by atoms with Crippen molar-refractivity contribution in [2.24, 2.45) is 0 Å². The first-order chi connectivity index (χ1) is 11.7. The van der Waals surface area contributed by atoms with Crippen LogP contribution in [-0.4, -0.2) is 0 Å². The SMILES string of the molecule is ClC1=C(Cl)C(Cl)=C(Cl)C1=Cc1ccc(C=C2C(Cl)=C(Cl)C(Cl)=C2Cl)s1. The Morgan fingerprint density at radius 3 is 1.04 bits per heavy atom. The molecule has 0 saturated heterocycles. The van der Waals surface area contributed by atoms with E-state index in [-0.39, 0.29) is 20.1 Å². The van der Waals surface area contributed by atoms with E-state index in [1.54, 1.807) is 12.2 Å². The zero-order chi connectivity index (χ0) is 18.5. The Bertz CT molecular complexity index is 840. The standard InChI is InChI=1S/C16H4Cl8S/c17-9-7(10(18)14(22)13(9)21)3-5-1-2-6(25-5)4-8-11(19)15(23)16(24)12(8)20/h1-4H. The molecule has 0 aliphatic heterocycles. The molecule has 0 saturated carbocycles. The quantitative estimate of drug-likeness (QED) is 0.371. The maximum Gasteiger partial charge on any atom is 0.0800 e. The normalized spacial score (nSPS) is 18.4. The van der Waals surface area contributed by atoms with E-state index in [9.17, 15) is 0 Å². The van der Waals surface area contributed by atoms with Crippen molar-refractivity contribution >= 4 is 116 Å². The maximum absolute atomic E-state index is 6.17. The Labute approximate surface area is 188 Å². The van der Waals surface area contributed by atoms with Crippen molar-refractivity contribution in [2.75, 3.05) is 0 Å². The molecule has 2 aliphatic rings. The zero-order valence-electron chi connectivity index (χ0n) is 11.7. The van der Waals surface area contributed by atoms with Gasteiger partial charge in [-0.1, -0.05) is 92.8 Å². The number of halogens is 8. The van der Waals surface area contributed by atoms with Crippen molar-refractivity contribution in [3.63, 3.8) is 0 Å². The second-order valence-corrected chi connectivity index (χ2v) is 9.04. The van der Waals surface area contributed by atoms with Crippen LogP contribution in [0.1, 0.15) is 9.75 Å². The van der Waals surface area contributed by atoms with E-state index in [2.05, 4.69) is 0 Å². The minimum absolute atomic E-state index is 0.238. The van der Waals surface area contributed by atoms with Crippen LogP contribution in [0.2, 0.25) is 0 Å². The molecule has 0 spiro atoms. The van der Waals surface area contributed by atoms with Crippen molar-refractivity contribution < 1.29 is 0 Å². The summed E-state index contributed by atoms with van der Waals surface area (Å²) >= 11 is 50.2. The second kappa shape index (κ2) is 7.83. The lowest BCUT2D eigenvalue weighted by Crippen LogP contribution is -1.78. The third-order valence-corrected chi connectivity index (χ3v) is 7.96. The summed E-state index contributed by atoms with van der Waals surface area (Å²) in [6.45, 7) is 0. The van der Waals surface area contributed by atoms with Gasteiger partial charge < -0.3 is 0 Å². The van der Waals surface area contributed by atoms with Gasteiger partial charge in [-0.2, -0.15) is 0 Å². The van der Waals surface area contributed by atoms with Crippen molar-refractivity contribution in [3.8, 4) is 0 Å². The van der Waals surface area contributed by atoms with Gasteiger partial charge >= 0.3 is 0 Å². The number of allylic oxidation sites excluding steroid dienone is 10. The first-order valence-electron chi connectivity index (χ1n) is 6.49. The van der Waals surface area contributed by atoms with Crippen molar-refractivity contribution in [3.05, 3.63) is 73.3 Å². The van der Waals surface area contributed by atoms with Gasteiger partial charge in [-0.05, 0) is 24.3 Å². The predicted octanol–water partition coefficient (Wildman–Crippen LogP) is 9.30. The van der Waals surface area contributed by atoms with E-state index in [1.807, 2.05) is 12.1 Å². The predicted molar refractivity (Wildman–Crippen MR) is 115 cm³/mol. The summed E-state index contributed by atoms with van der Waals surface area (Å²) in [5.41, 5.74) is 1.14. The smallest absolute Gasteiger partial charge is 0.0800 e. The molecular formula is C16H4Cl8S. The van der Waals surface area contributed by atoms with Crippen LogP contribution in [0.3, 0.4) is 0 Å². The summed E-state index contributed by atoms with van der Waals surface area (Å²) in [5, 5.41) is 2.22. The minimum Gasteiger partial charge on any atom is -0.136 e. The third kappa shape index (κ3) is 3.74. The lowest BCUT2D eigenvalue weighted by Gasteiger charge is -1.98. The molecule has 0 aromatic carbocycles. The first-order valence-corrected chi connectivity index (χ1v) is 10.3. The molecular weight excluding hydrogens is 508 g/mol. The van der Waals surface area contributed by atoms with Crippen molar-refractivity contribution in [1.82, 2.24) is 0 Å². The van der Waals surface area contributed by atoms with Gasteiger partial charge in [0.15, 0.2) is 0 Å². The number of rotatable bonds is 2. The molecule has 0 fully saturated rings. The van der Waals surface area contributed by atoms with Crippen LogP contribution in [0.25, 0.3) is 12.2 Å². The lowest BCUT2D eigenvalue weighted by atomic mass is 10.2. The van der Waals surface area contributed by atoms with Gasteiger partial charge in [0.1, 0.15) is 0 Å². The minimum atomic E-state index is 0.238. The first kappa shape index (κ1) is 20.2. The Kier molecular flexibility index (Phi) is 6.33. The highest BCUT2D eigenvalue weighted by Crippen LogP contribution is 2.47. The molecule has 25 heavy (non-hydrogen) atoms. The maximum atomic E-state index is 6.17. The van der Waals surface area contributed by atoms with Crippen molar-refractivity contribution in [1.29, 1.82) is 0 Å². The zero-order valence-corrected chi connectivity index (χ0v) is 18.6. The summed E-state index contributed by atoms with van der Waals surface area (Å²) in [4.78, 5) is 1.79. The lowest BCUT2D eigenvalue weighted by molar-refractivity contribution is 1.72. The molecule has 0 nitrogen and oxygen atoms in total. The van der Waals surface area contributed by atoms with Crippen LogP contribution in [0, 0.1) is 0 Å². The summed E-state index contributed by atoms with van der Waals surface area (Å²) < 4.78 is 0. The molecule has 9 heteroatoms. The van der Waals surface area contributed by atoms with E-state index < -0.39 is 0 Å². The number of hydrogen-bond acceptors (Lipinski definition) is 1. The van der Waals surface area contributed by atoms with Crippen LogP contribution in [0.15, 0.2) is 63.5 Å². The van der Waals surface area contributed by atoms with Crippen LogP contribution in [-0.2, 0) is 0 Å². The average molecular weight is 512 g/mol. The van der Waals surface area contributed by atoms with Crippen LogP contribution in [0.4, 0.5) is 0 Å². The molecule has 0 radical (unpaired) electrons. The number of hydrogen-bond donors (Lipinski definition) is 0. The average Bonchev–Trinajstić information content (AvgIpc) is 3.17. The summed E-state index contributed by atoms with van der Waals surface area (Å²) in [5.74, 6) is 0. The van der Waals surface area contributed by atoms with Gasteiger partial charge in [-0.15, -0.1) is 11.3 Å². The van der Waals surface area contributed by atoms with Gasteiger partial charge in [0.05, 0.1) is 40.3 Å². The Hall–Kier alpha value is 0.460. The van der Waals surface area contributed by atoms with Crippen LogP contribution >= 0.6 is 104 Å². The number of thiophene rings is 1. The molecule has 1 aromatic rings. The monoisotopic (exact) mass is 508 g/mol. The Morgan fingerprint density at radius 1 is 0.480 bits per heavy atom. The summed E-state index contributed by atoms with van der Waals surface area (Å²) in [6.07, 6.45) is 3.61. The molecule has 0 bridgehead atoms. The molecule has 0 amide bonds. The van der Waals surface area contributed by atoms with Gasteiger partial charge in [0, 0.05) is 20.9 Å². The molecule has 130 valence electrons. The fourth-order valence-corrected chi connectivity index (χ4v) is 5.06. The van der Waals surface area contributed by atoms with E-state index in [0.29, 0.717) is 31.3 Å². The second-order valence-electron chi connectivity index (χ2n) is 4.87. The van der Waals surface area contributed by atoms with Gasteiger partial charge in [0.2, 0.25) is 0 Å². The topological polar surface area (TPSA) is 0 Å². The molecule has 0 unspecified atom stereocenters. The van der Waals surface area contributed by atoms with Crippen molar-refractivity contribution in [2.45, 2.75) is 0 Å². The highest BCUT2D eigenvalue weighted by Gasteiger charge is 2.26. The molecule has 2 aliphatic carbocycles. The largest absolute Gasteiger partial charge is 0.136 e. The molecule has 1 aromatic heterocycles. The van der Waals surface area contributed by atoms with Gasteiger partial charge in [-0.25, -0.2) is 0 Å². The Morgan fingerprint density at radius 2 is 0.760 bits per heavy atom. The molecule has 0 atom stereocenters. The highest BCUT2D eigenvalue weighted by molar-refractivity contribution is 7.13. The van der Waals surface area contributed by atoms with E-state index in [4.69, 9.17) is 92.8 Å². The fourth-order valence-electron chi connectivity index (χ4n) is 2.11. The Balaban J connectivity index is 1.96. The summed E-state index contributed by atoms with van der Waals surface area (Å²) in [6, 6.07) is 3.79. The molecule has 0 N–H and O–H groups in total. The fraction of sp³-hybridized carbons (Fsp3) is 0. The van der Waals surface area contributed by atoms with E-state index in [1.165, 1.54) is 11.3 Å². The van der Waals surface area contributed by atoms with E-state index >= 15 is 0 Å². The molecule has 1 heterocycles. The van der Waals surface area contributed by atoms with Gasteiger partial charge in [-0.3, -0.25) is 0 Å². The van der Waals surface area contributed by atoms with Crippen LogP contribution < -0.4 is 0 Å². The van der Waals surface area contributed by atoms with E-state index in [0.717, 1.165) is 9.75 Å². The highest BCUT2D eigenvalue weighted by atomic mass is 35.5. The molecule has 3 rings (SSSR count). The van der Waals surface area contributed by atoms with Crippen LogP contribution in [0.5, 0.6) is 0 Å². The summed E-state index contributed by atoms with van der Waals surface area (Å²) in [7, 11) is 0.